The van der Waals surface area contributed by atoms with Crippen molar-refractivity contribution in [3.63, 3.8) is 0 Å². The number of morpholine rings is 1. The van der Waals surface area contributed by atoms with Crippen LogP contribution in [0.3, 0.4) is 0 Å². The third-order valence-electron chi connectivity index (χ3n) is 6.74. The quantitative estimate of drug-likeness (QED) is 0.375. The van der Waals surface area contributed by atoms with Gasteiger partial charge in [-0.1, -0.05) is 24.3 Å². The van der Waals surface area contributed by atoms with E-state index in [4.69, 9.17) is 26.2 Å². The Morgan fingerprint density at radius 3 is 2.67 bits per heavy atom. The number of thiazole rings is 1. The molecule has 40 heavy (non-hydrogen) atoms. The van der Waals surface area contributed by atoms with E-state index in [9.17, 15) is 14.4 Å². The van der Waals surface area contributed by atoms with Crippen LogP contribution in [-0.2, 0) is 22.3 Å². The second-order valence-electron chi connectivity index (χ2n) is 9.26. The molecule has 14 heteroatoms. The molecule has 3 aromatic rings. The van der Waals surface area contributed by atoms with Gasteiger partial charge in [0, 0.05) is 48.7 Å². The van der Waals surface area contributed by atoms with Gasteiger partial charge in [0.05, 0.1) is 34.8 Å². The van der Waals surface area contributed by atoms with E-state index in [2.05, 4.69) is 11.6 Å². The smallest absolute Gasteiger partial charge is 0.410 e. The molecule has 0 aromatic carbocycles. The van der Waals surface area contributed by atoms with Gasteiger partial charge >= 0.3 is 12.1 Å². The van der Waals surface area contributed by atoms with Crippen LogP contribution in [0.2, 0.25) is 4.34 Å². The highest BCUT2D eigenvalue weighted by Gasteiger charge is 2.38. The molecule has 11 nitrogen and oxygen atoms in total. The number of carbonyl (C=O) groups excluding carboxylic acids is 3. The summed E-state index contributed by atoms with van der Waals surface area (Å²) >= 11 is 8.93. The van der Waals surface area contributed by atoms with E-state index in [1.54, 1.807) is 25.6 Å². The summed E-state index contributed by atoms with van der Waals surface area (Å²) in [6.07, 6.45) is 2.15. The lowest BCUT2D eigenvalue weighted by Gasteiger charge is -2.42. The van der Waals surface area contributed by atoms with Crippen LogP contribution in [0.4, 0.5) is 9.59 Å². The number of ether oxygens (including phenoxy) is 2. The molecule has 5 rings (SSSR count). The summed E-state index contributed by atoms with van der Waals surface area (Å²) in [4.78, 5) is 50.1. The Morgan fingerprint density at radius 2 is 1.98 bits per heavy atom. The summed E-state index contributed by atoms with van der Waals surface area (Å²) < 4.78 is 12.8. The van der Waals surface area contributed by atoms with Crippen molar-refractivity contribution >= 4 is 52.3 Å². The number of aryl methyl sites for hydroxylation is 2. The zero-order chi connectivity index (χ0) is 28.1. The molecule has 2 aliphatic rings. The first-order valence-corrected chi connectivity index (χ1v) is 15.0. The van der Waals surface area contributed by atoms with Crippen LogP contribution in [0.25, 0.3) is 0 Å². The highest BCUT2D eigenvalue weighted by atomic mass is 35.5. The lowest BCUT2D eigenvalue weighted by atomic mass is 10.1. The van der Waals surface area contributed by atoms with Crippen LogP contribution in [-0.4, -0.2) is 100 Å². The fourth-order valence-corrected chi connectivity index (χ4v) is 6.33. The molecule has 0 aliphatic carbocycles. The van der Waals surface area contributed by atoms with Crippen molar-refractivity contribution in [2.75, 3.05) is 52.5 Å². The van der Waals surface area contributed by atoms with Gasteiger partial charge in [-0.05, 0) is 31.0 Å². The average molecular weight is 605 g/mol. The number of amides is 3. The van der Waals surface area contributed by atoms with Crippen LogP contribution in [0.5, 0.6) is 0 Å². The Hall–Kier alpha value is -3.26. The largest absolute Gasteiger partial charge is 0.445 e. The monoisotopic (exact) mass is 604 g/mol. The number of urea groups is 1. The number of piperazine rings is 1. The standard InChI is InChI=1S/C26H29ClN6O5S2/c1-2-11-38-26(36)32-8-7-31(25(35)30-9-12-37-13-10-30)15-22(32)20-14-18(3-4-19-5-6-23(27)40-19)33(29-20)24(34)21-16-39-17-28-21/h2,5-6,14,16-17,22H,1,3-4,7-13,15H2. The lowest BCUT2D eigenvalue weighted by molar-refractivity contribution is 0.0265. The molecule has 0 bridgehead atoms. The highest BCUT2D eigenvalue weighted by Crippen LogP contribution is 2.29. The maximum absolute atomic E-state index is 13.4. The molecule has 1 atom stereocenters. The van der Waals surface area contributed by atoms with Crippen LogP contribution in [0.15, 0.2) is 41.7 Å². The van der Waals surface area contributed by atoms with Gasteiger partial charge in [-0.25, -0.2) is 14.6 Å². The molecule has 0 saturated carbocycles. The first-order chi connectivity index (χ1) is 19.4. The number of carbonyl (C=O) groups is 3. The van der Waals surface area contributed by atoms with Gasteiger partial charge in [-0.2, -0.15) is 9.78 Å². The Bertz CT molecular complexity index is 1350. The SMILES string of the molecule is C=CCOC(=O)N1CCN(C(=O)N2CCOCC2)CC1c1cc(CCc2ccc(Cl)s2)n(C(=O)c2cscn2)n1. The van der Waals surface area contributed by atoms with Crippen LogP contribution >= 0.6 is 34.3 Å². The van der Waals surface area contributed by atoms with E-state index in [1.165, 1.54) is 33.4 Å². The van der Waals surface area contributed by atoms with E-state index in [1.807, 2.05) is 18.2 Å². The summed E-state index contributed by atoms with van der Waals surface area (Å²) in [5.74, 6) is -0.357. The first-order valence-electron chi connectivity index (χ1n) is 12.9. The van der Waals surface area contributed by atoms with Gasteiger partial charge in [0.1, 0.15) is 12.3 Å². The topological polar surface area (TPSA) is 110 Å². The molecule has 0 N–H and O–H groups in total. The van der Waals surface area contributed by atoms with Gasteiger partial charge in [0.2, 0.25) is 0 Å². The van der Waals surface area contributed by atoms with Crippen molar-refractivity contribution in [3.05, 3.63) is 68.0 Å². The normalized spacial score (nSPS) is 17.6. The second-order valence-corrected chi connectivity index (χ2v) is 11.8. The summed E-state index contributed by atoms with van der Waals surface area (Å²) in [7, 11) is 0. The van der Waals surface area contributed by atoms with Crippen molar-refractivity contribution in [1.29, 1.82) is 0 Å². The number of halogens is 1. The number of hydrogen-bond donors (Lipinski definition) is 0. The summed E-state index contributed by atoms with van der Waals surface area (Å²) in [5, 5.41) is 6.37. The Morgan fingerprint density at radius 1 is 1.15 bits per heavy atom. The Labute approximate surface area is 244 Å². The zero-order valence-corrected chi connectivity index (χ0v) is 24.1. The predicted molar refractivity (Wildman–Crippen MR) is 151 cm³/mol. The predicted octanol–water partition coefficient (Wildman–Crippen LogP) is 3.96. The number of hydrogen-bond acceptors (Lipinski definition) is 9. The molecule has 2 aliphatic heterocycles. The first kappa shape index (κ1) is 28.3. The summed E-state index contributed by atoms with van der Waals surface area (Å²) in [6, 6.07) is 4.92. The fourth-order valence-electron chi connectivity index (χ4n) is 4.72. The minimum atomic E-state index is -0.615. The van der Waals surface area contributed by atoms with E-state index < -0.39 is 12.1 Å². The summed E-state index contributed by atoms with van der Waals surface area (Å²) in [5.41, 5.74) is 3.06. The molecule has 0 radical (unpaired) electrons. The van der Waals surface area contributed by atoms with Crippen LogP contribution in [0.1, 0.15) is 32.8 Å². The van der Waals surface area contributed by atoms with Crippen molar-refractivity contribution in [2.45, 2.75) is 18.9 Å². The molecule has 3 amide bonds. The molecule has 5 heterocycles. The van der Waals surface area contributed by atoms with E-state index in [0.29, 0.717) is 61.4 Å². The zero-order valence-electron chi connectivity index (χ0n) is 21.7. The van der Waals surface area contributed by atoms with Gasteiger partial charge in [-0.3, -0.25) is 9.69 Å². The van der Waals surface area contributed by atoms with Gasteiger partial charge in [-0.15, -0.1) is 22.7 Å². The third-order valence-corrected chi connectivity index (χ3v) is 8.61. The van der Waals surface area contributed by atoms with Gasteiger partial charge in [0.15, 0.2) is 0 Å². The molecule has 3 aromatic heterocycles. The van der Waals surface area contributed by atoms with Crippen molar-refractivity contribution in [1.82, 2.24) is 29.5 Å². The van der Waals surface area contributed by atoms with Gasteiger partial charge in [0.25, 0.3) is 5.91 Å². The van der Waals surface area contributed by atoms with Crippen LogP contribution in [0, 0.1) is 0 Å². The average Bonchev–Trinajstić information content (AvgIpc) is 3.76. The van der Waals surface area contributed by atoms with Crippen molar-refractivity contribution in [2.24, 2.45) is 0 Å². The molecule has 0 spiro atoms. The molecule has 2 fully saturated rings. The number of aromatic nitrogens is 3. The molecular formula is C26H29ClN6O5S2. The Kier molecular flexibility index (Phi) is 9.15. The number of nitrogens with zero attached hydrogens (tertiary/aromatic N) is 6. The fraction of sp³-hybridized carbons (Fsp3) is 0.423. The Balaban J connectivity index is 1.45. The van der Waals surface area contributed by atoms with Crippen molar-refractivity contribution < 1.29 is 23.9 Å². The maximum atomic E-state index is 13.4. The minimum absolute atomic E-state index is 0.0594. The number of rotatable bonds is 7. The molecule has 212 valence electrons. The van der Waals surface area contributed by atoms with Crippen LogP contribution < -0.4 is 0 Å². The maximum Gasteiger partial charge on any atom is 0.410 e. The highest BCUT2D eigenvalue weighted by molar-refractivity contribution is 7.16. The summed E-state index contributed by atoms with van der Waals surface area (Å²) in [6.45, 7) is 6.50. The third kappa shape index (κ3) is 6.38. The molecule has 1 unspecified atom stereocenters. The number of thiophene rings is 1. The van der Waals surface area contributed by atoms with E-state index >= 15 is 0 Å². The van der Waals surface area contributed by atoms with Crippen molar-refractivity contribution in [3.8, 4) is 0 Å². The molecular weight excluding hydrogens is 576 g/mol. The molecule has 2 saturated heterocycles. The second kappa shape index (κ2) is 12.9. The van der Waals surface area contributed by atoms with E-state index in [-0.39, 0.29) is 37.3 Å². The lowest BCUT2D eigenvalue weighted by Crippen LogP contribution is -2.56. The minimum Gasteiger partial charge on any atom is -0.445 e. The van der Waals surface area contributed by atoms with Gasteiger partial charge < -0.3 is 19.3 Å². The van der Waals surface area contributed by atoms with E-state index in [0.717, 1.165) is 4.88 Å².